The molecule has 1 N–H and O–H groups in total. The maximum absolute atomic E-state index is 13.7. The molecule has 0 aliphatic carbocycles. The van der Waals surface area contributed by atoms with Gasteiger partial charge in [0.25, 0.3) is 0 Å². The van der Waals surface area contributed by atoms with Gasteiger partial charge in [-0.05, 0) is 43.9 Å². The lowest BCUT2D eigenvalue weighted by molar-refractivity contribution is -0.125. The Morgan fingerprint density at radius 2 is 1.81 bits per heavy atom. The summed E-state index contributed by atoms with van der Waals surface area (Å²) in [7, 11) is 0. The van der Waals surface area contributed by atoms with Gasteiger partial charge in [0.1, 0.15) is 5.75 Å². The van der Waals surface area contributed by atoms with Gasteiger partial charge in [-0.25, -0.2) is 0 Å². The SMILES string of the molecule is CCCCOc1ccc(NC(=O)C2(c3cccc(C)c3)CCOCC2)c2ccccc12. The van der Waals surface area contributed by atoms with Crippen LogP contribution in [0, 0.1) is 6.92 Å². The molecule has 1 aliphatic rings. The van der Waals surface area contributed by atoms with Crippen LogP contribution in [0.3, 0.4) is 0 Å². The molecule has 4 nitrogen and oxygen atoms in total. The number of anilines is 1. The number of amides is 1. The Balaban J connectivity index is 1.67. The van der Waals surface area contributed by atoms with Gasteiger partial charge in [0.15, 0.2) is 0 Å². The summed E-state index contributed by atoms with van der Waals surface area (Å²) in [6, 6.07) is 20.3. The van der Waals surface area contributed by atoms with Crippen molar-refractivity contribution in [1.82, 2.24) is 0 Å². The molecule has 0 unspecified atom stereocenters. The second-order valence-corrected chi connectivity index (χ2v) is 8.38. The third kappa shape index (κ3) is 4.45. The molecular weight excluding hydrogens is 386 g/mol. The Kier molecular flexibility index (Phi) is 6.57. The second kappa shape index (κ2) is 9.52. The van der Waals surface area contributed by atoms with E-state index >= 15 is 0 Å². The zero-order valence-electron chi connectivity index (χ0n) is 18.4. The molecule has 1 fully saturated rings. The first-order chi connectivity index (χ1) is 15.1. The van der Waals surface area contributed by atoms with Crippen LogP contribution in [0.15, 0.2) is 60.7 Å². The largest absolute Gasteiger partial charge is 0.493 e. The van der Waals surface area contributed by atoms with Crippen LogP contribution in [0.5, 0.6) is 5.75 Å². The van der Waals surface area contributed by atoms with Crippen molar-refractivity contribution < 1.29 is 14.3 Å². The van der Waals surface area contributed by atoms with Crippen LogP contribution in [0.4, 0.5) is 5.69 Å². The van der Waals surface area contributed by atoms with Gasteiger partial charge in [-0.15, -0.1) is 0 Å². The normalized spacial score (nSPS) is 15.5. The third-order valence-corrected chi connectivity index (χ3v) is 6.24. The van der Waals surface area contributed by atoms with Crippen LogP contribution in [0.25, 0.3) is 10.8 Å². The standard InChI is InChI=1S/C27H31NO3/c1-3-4-16-31-25-13-12-24(22-10-5-6-11-23(22)25)28-26(29)27(14-17-30-18-15-27)21-9-7-8-20(2)19-21/h5-13,19H,3-4,14-18H2,1-2H3,(H,28,29). The molecule has 4 rings (SSSR count). The Hall–Kier alpha value is -2.85. The van der Waals surface area contributed by atoms with Crippen molar-refractivity contribution in [2.75, 3.05) is 25.1 Å². The number of fused-ring (bicyclic) bond motifs is 1. The molecule has 0 bridgehead atoms. The smallest absolute Gasteiger partial charge is 0.235 e. The van der Waals surface area contributed by atoms with Crippen LogP contribution in [-0.2, 0) is 14.9 Å². The zero-order valence-corrected chi connectivity index (χ0v) is 18.4. The van der Waals surface area contributed by atoms with Crippen molar-refractivity contribution in [3.63, 3.8) is 0 Å². The van der Waals surface area contributed by atoms with Crippen molar-refractivity contribution in [2.45, 2.75) is 44.9 Å². The van der Waals surface area contributed by atoms with Crippen molar-refractivity contribution >= 4 is 22.4 Å². The number of hydrogen-bond acceptors (Lipinski definition) is 3. The Labute approximate surface area is 184 Å². The number of nitrogens with one attached hydrogen (secondary N) is 1. The van der Waals surface area contributed by atoms with E-state index in [1.807, 2.05) is 36.4 Å². The van der Waals surface area contributed by atoms with Crippen molar-refractivity contribution in [2.24, 2.45) is 0 Å². The molecule has 31 heavy (non-hydrogen) atoms. The number of rotatable bonds is 7. The number of carbonyl (C=O) groups excluding carboxylic acids is 1. The fourth-order valence-electron chi connectivity index (χ4n) is 4.38. The molecule has 0 spiro atoms. The van der Waals surface area contributed by atoms with Gasteiger partial charge in [-0.2, -0.15) is 0 Å². The number of carbonyl (C=O) groups is 1. The predicted molar refractivity (Wildman–Crippen MR) is 126 cm³/mol. The fourth-order valence-corrected chi connectivity index (χ4v) is 4.38. The van der Waals surface area contributed by atoms with E-state index in [-0.39, 0.29) is 5.91 Å². The summed E-state index contributed by atoms with van der Waals surface area (Å²) < 4.78 is 11.6. The number of unbranched alkanes of at least 4 members (excludes halogenated alkanes) is 1. The first-order valence-electron chi connectivity index (χ1n) is 11.2. The quantitative estimate of drug-likeness (QED) is 0.479. The zero-order chi connectivity index (χ0) is 21.7. The highest BCUT2D eigenvalue weighted by Crippen LogP contribution is 2.38. The Morgan fingerprint density at radius 3 is 2.55 bits per heavy atom. The molecule has 0 aromatic heterocycles. The molecule has 0 saturated carbocycles. The Morgan fingerprint density at radius 1 is 1.03 bits per heavy atom. The molecule has 162 valence electrons. The lowest BCUT2D eigenvalue weighted by Crippen LogP contribution is -2.44. The van der Waals surface area contributed by atoms with E-state index in [0.717, 1.165) is 46.2 Å². The first-order valence-corrected chi connectivity index (χ1v) is 11.2. The average molecular weight is 418 g/mol. The number of aryl methyl sites for hydroxylation is 1. The van der Waals surface area contributed by atoms with Gasteiger partial charge < -0.3 is 14.8 Å². The minimum atomic E-state index is -0.582. The fraction of sp³-hybridized carbons (Fsp3) is 0.370. The summed E-state index contributed by atoms with van der Waals surface area (Å²) in [5, 5.41) is 5.28. The molecule has 0 radical (unpaired) electrons. The van der Waals surface area contributed by atoms with Crippen molar-refractivity contribution in [1.29, 1.82) is 0 Å². The first kappa shape index (κ1) is 21.4. The van der Waals surface area contributed by atoms with E-state index in [4.69, 9.17) is 9.47 Å². The van der Waals surface area contributed by atoms with E-state index in [0.29, 0.717) is 32.7 Å². The van der Waals surface area contributed by atoms with Gasteiger partial charge in [-0.1, -0.05) is 67.4 Å². The molecule has 1 amide bonds. The highest BCUT2D eigenvalue weighted by atomic mass is 16.5. The topological polar surface area (TPSA) is 47.6 Å². The summed E-state index contributed by atoms with van der Waals surface area (Å²) >= 11 is 0. The van der Waals surface area contributed by atoms with Gasteiger partial charge >= 0.3 is 0 Å². The van der Waals surface area contributed by atoms with Gasteiger partial charge in [-0.3, -0.25) is 4.79 Å². The number of benzene rings is 3. The molecule has 3 aromatic rings. The molecule has 4 heteroatoms. The van der Waals surface area contributed by atoms with Crippen LogP contribution in [-0.4, -0.2) is 25.7 Å². The average Bonchev–Trinajstić information content (AvgIpc) is 2.81. The second-order valence-electron chi connectivity index (χ2n) is 8.38. The summed E-state index contributed by atoms with van der Waals surface area (Å²) in [6.45, 7) is 6.10. The van der Waals surface area contributed by atoms with E-state index < -0.39 is 5.41 Å². The van der Waals surface area contributed by atoms with Crippen LogP contribution >= 0.6 is 0 Å². The van der Waals surface area contributed by atoms with E-state index in [1.165, 1.54) is 0 Å². The Bertz CT molecular complexity index is 1050. The predicted octanol–water partition coefficient (Wildman–Crippen LogP) is 6.01. The number of ether oxygens (including phenoxy) is 2. The molecular formula is C27H31NO3. The summed E-state index contributed by atoms with van der Waals surface area (Å²) in [5.74, 6) is 0.896. The summed E-state index contributed by atoms with van der Waals surface area (Å²) in [4.78, 5) is 13.7. The van der Waals surface area contributed by atoms with E-state index in [2.05, 4.69) is 43.4 Å². The third-order valence-electron chi connectivity index (χ3n) is 6.24. The van der Waals surface area contributed by atoms with E-state index in [9.17, 15) is 4.79 Å². The van der Waals surface area contributed by atoms with Gasteiger partial charge in [0, 0.05) is 29.7 Å². The lowest BCUT2D eigenvalue weighted by atomic mass is 9.73. The maximum atomic E-state index is 13.7. The van der Waals surface area contributed by atoms with Crippen LogP contribution < -0.4 is 10.1 Å². The van der Waals surface area contributed by atoms with Gasteiger partial charge in [0.05, 0.1) is 12.0 Å². The highest BCUT2D eigenvalue weighted by molar-refractivity contribution is 6.07. The number of hydrogen-bond donors (Lipinski definition) is 1. The monoisotopic (exact) mass is 417 g/mol. The van der Waals surface area contributed by atoms with E-state index in [1.54, 1.807) is 0 Å². The van der Waals surface area contributed by atoms with Crippen LogP contribution in [0.1, 0.15) is 43.7 Å². The maximum Gasteiger partial charge on any atom is 0.235 e. The van der Waals surface area contributed by atoms with Crippen LogP contribution in [0.2, 0.25) is 0 Å². The van der Waals surface area contributed by atoms with Gasteiger partial charge in [0.2, 0.25) is 5.91 Å². The summed E-state index contributed by atoms with van der Waals surface area (Å²) in [5.41, 5.74) is 2.47. The molecule has 1 aliphatic heterocycles. The minimum absolute atomic E-state index is 0.0335. The van der Waals surface area contributed by atoms with Crippen molar-refractivity contribution in [3.05, 3.63) is 71.8 Å². The molecule has 0 atom stereocenters. The van der Waals surface area contributed by atoms with Crippen molar-refractivity contribution in [3.8, 4) is 5.75 Å². The minimum Gasteiger partial charge on any atom is -0.493 e. The lowest BCUT2D eigenvalue weighted by Gasteiger charge is -2.36. The molecule has 1 heterocycles. The molecule has 3 aromatic carbocycles. The highest BCUT2D eigenvalue weighted by Gasteiger charge is 2.42. The molecule has 1 saturated heterocycles. The summed E-state index contributed by atoms with van der Waals surface area (Å²) in [6.07, 6.45) is 3.47.